The molecule has 0 amide bonds. The highest BCUT2D eigenvalue weighted by Crippen LogP contribution is 2.35. The van der Waals surface area contributed by atoms with Crippen molar-refractivity contribution < 1.29 is 19.1 Å². The van der Waals surface area contributed by atoms with Gasteiger partial charge in [-0.3, -0.25) is 0 Å². The summed E-state index contributed by atoms with van der Waals surface area (Å²) in [6.45, 7) is 18.2. The van der Waals surface area contributed by atoms with Gasteiger partial charge in [0.1, 0.15) is 0 Å². The molecule has 1 rings (SSSR count). The molecular formula is C32H54O4. The molecule has 0 bridgehead atoms. The number of carbonyl (C=O) groups is 2. The maximum atomic E-state index is 13.1. The van der Waals surface area contributed by atoms with Crippen LogP contribution in [0.15, 0.2) is 24.3 Å². The molecule has 0 heterocycles. The Morgan fingerprint density at radius 3 is 1.33 bits per heavy atom. The third-order valence-corrected chi connectivity index (χ3v) is 8.03. The lowest BCUT2D eigenvalue weighted by atomic mass is 9.75. The summed E-state index contributed by atoms with van der Waals surface area (Å²) in [6.07, 6.45) is 11.7. The van der Waals surface area contributed by atoms with Crippen LogP contribution >= 0.6 is 0 Å². The maximum absolute atomic E-state index is 13.1. The lowest BCUT2D eigenvalue weighted by molar-refractivity contribution is 0.0155. The predicted molar refractivity (Wildman–Crippen MR) is 150 cm³/mol. The minimum atomic E-state index is -0.454. The highest BCUT2D eigenvalue weighted by atomic mass is 16.5. The molecule has 0 aromatic heterocycles. The van der Waals surface area contributed by atoms with Crippen LogP contribution in [0.5, 0.6) is 0 Å². The van der Waals surface area contributed by atoms with Crippen molar-refractivity contribution in [1.82, 2.24) is 0 Å². The van der Waals surface area contributed by atoms with Crippen LogP contribution in [0.1, 0.15) is 140 Å². The van der Waals surface area contributed by atoms with Crippen LogP contribution in [0.2, 0.25) is 0 Å². The number of hydrogen-bond acceptors (Lipinski definition) is 4. The second kappa shape index (κ2) is 16.1. The first kappa shape index (κ1) is 32.2. The van der Waals surface area contributed by atoms with Crippen molar-refractivity contribution in [1.29, 1.82) is 0 Å². The molecule has 0 aliphatic heterocycles. The number of ether oxygens (including phenoxy) is 2. The molecular weight excluding hydrogens is 448 g/mol. The molecule has 0 radical (unpaired) electrons. The van der Waals surface area contributed by atoms with Crippen LogP contribution in [-0.2, 0) is 9.47 Å². The van der Waals surface area contributed by atoms with Crippen molar-refractivity contribution in [2.24, 2.45) is 22.7 Å². The van der Waals surface area contributed by atoms with Gasteiger partial charge in [-0.2, -0.15) is 0 Å². The number of unbranched alkanes of at least 4 members (excludes halogenated alkanes) is 4. The summed E-state index contributed by atoms with van der Waals surface area (Å²) >= 11 is 0. The fraction of sp³-hybridized carbons (Fsp3) is 0.750. The molecule has 0 aliphatic carbocycles. The zero-order valence-electron chi connectivity index (χ0n) is 24.6. The minimum absolute atomic E-state index is 0.120. The number of hydrogen-bond donors (Lipinski definition) is 0. The second-order valence-electron chi connectivity index (χ2n) is 11.9. The lowest BCUT2D eigenvalue weighted by Crippen LogP contribution is -2.31. The van der Waals surface area contributed by atoms with Crippen molar-refractivity contribution in [2.75, 3.05) is 13.2 Å². The molecule has 0 N–H and O–H groups in total. The van der Waals surface area contributed by atoms with Gasteiger partial charge < -0.3 is 9.47 Å². The van der Waals surface area contributed by atoms with Gasteiger partial charge in [-0.1, -0.05) is 119 Å². The van der Waals surface area contributed by atoms with E-state index < -0.39 is 11.9 Å². The van der Waals surface area contributed by atoms with E-state index in [1.54, 1.807) is 24.3 Å². The first-order valence-electron chi connectivity index (χ1n) is 14.5. The molecule has 2 atom stereocenters. The van der Waals surface area contributed by atoms with Crippen LogP contribution in [0.3, 0.4) is 0 Å². The maximum Gasteiger partial charge on any atom is 0.339 e. The van der Waals surface area contributed by atoms with Gasteiger partial charge in [0.05, 0.1) is 24.3 Å². The Morgan fingerprint density at radius 2 is 1.03 bits per heavy atom. The molecule has 0 spiro atoms. The van der Waals surface area contributed by atoms with Gasteiger partial charge in [0.25, 0.3) is 0 Å². The normalized spacial score (nSPS) is 13.8. The average Bonchev–Trinajstić information content (AvgIpc) is 2.86. The van der Waals surface area contributed by atoms with E-state index in [2.05, 4.69) is 55.4 Å². The molecule has 1 aromatic rings. The zero-order valence-corrected chi connectivity index (χ0v) is 24.6. The summed E-state index contributed by atoms with van der Waals surface area (Å²) in [5.41, 5.74) is 0.324. The van der Waals surface area contributed by atoms with E-state index in [1.165, 1.54) is 38.5 Å². The van der Waals surface area contributed by atoms with Gasteiger partial charge >= 0.3 is 11.9 Å². The van der Waals surface area contributed by atoms with Crippen molar-refractivity contribution in [3.05, 3.63) is 35.4 Å². The summed E-state index contributed by atoms with van der Waals surface area (Å²) in [4.78, 5) is 26.1. The SMILES string of the molecule is CCCCCC(CC)C(C)(C)COC(=O)c1ccccc1C(=O)OCC(C)(C)C(CC)CCCCC. The summed E-state index contributed by atoms with van der Waals surface area (Å²) in [5, 5.41) is 0. The van der Waals surface area contributed by atoms with E-state index in [4.69, 9.17) is 9.47 Å². The fourth-order valence-corrected chi connectivity index (χ4v) is 5.31. The molecule has 4 nitrogen and oxygen atoms in total. The highest BCUT2D eigenvalue weighted by Gasteiger charge is 2.32. The van der Waals surface area contributed by atoms with E-state index in [0.29, 0.717) is 25.0 Å². The molecule has 36 heavy (non-hydrogen) atoms. The summed E-state index contributed by atoms with van der Waals surface area (Å²) in [6, 6.07) is 6.86. The van der Waals surface area contributed by atoms with Crippen molar-refractivity contribution >= 4 is 11.9 Å². The summed E-state index contributed by atoms with van der Waals surface area (Å²) < 4.78 is 11.6. The van der Waals surface area contributed by atoms with E-state index in [-0.39, 0.29) is 22.0 Å². The summed E-state index contributed by atoms with van der Waals surface area (Å²) in [7, 11) is 0. The first-order chi connectivity index (χ1) is 17.0. The van der Waals surface area contributed by atoms with E-state index in [0.717, 1.165) is 25.7 Å². The molecule has 0 fully saturated rings. The number of carbonyl (C=O) groups excluding carboxylic acids is 2. The first-order valence-corrected chi connectivity index (χ1v) is 14.5. The average molecular weight is 503 g/mol. The van der Waals surface area contributed by atoms with E-state index in [1.807, 2.05) is 0 Å². The quantitative estimate of drug-likeness (QED) is 0.148. The van der Waals surface area contributed by atoms with Gasteiger partial charge in [-0.05, 0) is 36.8 Å². The van der Waals surface area contributed by atoms with E-state index >= 15 is 0 Å². The largest absolute Gasteiger partial charge is 0.461 e. The molecule has 2 unspecified atom stereocenters. The molecule has 0 saturated carbocycles. The van der Waals surface area contributed by atoms with Gasteiger partial charge in [0.2, 0.25) is 0 Å². The Kier molecular flexibility index (Phi) is 14.4. The van der Waals surface area contributed by atoms with Gasteiger partial charge in [0.15, 0.2) is 0 Å². The summed E-state index contributed by atoms with van der Waals surface area (Å²) in [5.74, 6) is 0.0693. The van der Waals surface area contributed by atoms with Crippen molar-refractivity contribution in [3.63, 3.8) is 0 Å². The van der Waals surface area contributed by atoms with Crippen LogP contribution in [0.25, 0.3) is 0 Å². The Balaban J connectivity index is 2.83. The highest BCUT2D eigenvalue weighted by molar-refractivity contribution is 6.03. The van der Waals surface area contributed by atoms with Gasteiger partial charge in [-0.15, -0.1) is 0 Å². The second-order valence-corrected chi connectivity index (χ2v) is 11.9. The van der Waals surface area contributed by atoms with Crippen LogP contribution in [-0.4, -0.2) is 25.2 Å². The predicted octanol–water partition coefficient (Wildman–Crippen LogP) is 9.27. The van der Waals surface area contributed by atoms with Crippen LogP contribution in [0.4, 0.5) is 0 Å². The molecule has 0 aliphatic rings. The smallest absolute Gasteiger partial charge is 0.339 e. The topological polar surface area (TPSA) is 52.6 Å². The van der Waals surface area contributed by atoms with Crippen LogP contribution < -0.4 is 0 Å². The molecule has 206 valence electrons. The van der Waals surface area contributed by atoms with Crippen molar-refractivity contribution in [2.45, 2.75) is 120 Å². The minimum Gasteiger partial charge on any atom is -0.461 e. The zero-order chi connectivity index (χ0) is 27.2. The number of rotatable bonds is 18. The Labute approximate surface area is 221 Å². The Hall–Kier alpha value is -1.84. The fourth-order valence-electron chi connectivity index (χ4n) is 5.31. The van der Waals surface area contributed by atoms with Crippen molar-refractivity contribution in [3.8, 4) is 0 Å². The monoisotopic (exact) mass is 502 g/mol. The lowest BCUT2D eigenvalue weighted by Gasteiger charge is -2.34. The van der Waals surface area contributed by atoms with Crippen LogP contribution in [0, 0.1) is 22.7 Å². The van der Waals surface area contributed by atoms with Gasteiger partial charge in [0, 0.05) is 10.8 Å². The van der Waals surface area contributed by atoms with E-state index in [9.17, 15) is 9.59 Å². The third kappa shape index (κ3) is 10.3. The number of esters is 2. The molecule has 4 heteroatoms. The molecule has 0 saturated heterocycles. The Morgan fingerprint density at radius 1 is 0.667 bits per heavy atom. The third-order valence-electron chi connectivity index (χ3n) is 8.03. The molecule has 1 aromatic carbocycles. The Bertz CT molecular complexity index is 715. The van der Waals surface area contributed by atoms with Gasteiger partial charge in [-0.25, -0.2) is 9.59 Å². The standard InChI is InChI=1S/C32H54O4/c1-9-13-15-19-25(11-3)31(5,6)23-35-29(33)27-21-17-18-22-28(27)30(34)36-24-32(7,8)26(12-4)20-16-14-10-2/h17-18,21-22,25-26H,9-16,19-20,23-24H2,1-8H3. The number of benzene rings is 1.